The predicted molar refractivity (Wildman–Crippen MR) is 49.6 cm³/mol. The van der Waals surface area contributed by atoms with Crippen molar-refractivity contribution in [2.45, 2.75) is 0 Å². The Hall–Kier alpha value is 1.17. The highest BCUT2D eigenvalue weighted by Crippen LogP contribution is -0.281. The van der Waals surface area contributed by atoms with E-state index in [0.717, 1.165) is 0 Å². The fraction of sp³-hybridized carbons (Fsp3) is 0. The monoisotopic (exact) mass is 214 g/mol. The van der Waals surface area contributed by atoms with Gasteiger partial charge in [-0.3, -0.25) is 0 Å². The summed E-state index contributed by atoms with van der Waals surface area (Å²) in [7, 11) is 0. The zero-order valence-corrected chi connectivity index (χ0v) is 4.50. The molecule has 80 valence electrons. The van der Waals surface area contributed by atoms with Crippen LogP contribution >= 0.6 is 0 Å². The molecule has 0 rings (SSSR count). The second-order valence-electron chi connectivity index (χ2n) is 0. The molecule has 0 saturated carbocycles. The molecule has 0 aromatic rings. The Kier molecular flexibility index (Phi) is 84500. The molecule has 0 radical (unpaired) electrons. The normalized spacial score (nSPS) is 0. The maximum atomic E-state index is 0. The fourth-order valence-electron chi connectivity index (χ4n) is 0. The van der Waals surface area contributed by atoms with E-state index in [2.05, 4.69) is 0 Å². The zero-order valence-electron chi connectivity index (χ0n) is 4.50. The van der Waals surface area contributed by atoms with E-state index >= 15 is 0 Å². The lowest BCUT2D eigenvalue weighted by Gasteiger charge is -0.413. The maximum Gasteiger partial charge on any atom is 0.316 e. The summed E-state index contributed by atoms with van der Waals surface area (Å²) < 4.78 is 0. The summed E-state index contributed by atoms with van der Waals surface area (Å²) in [6, 6.07) is 0. The van der Waals surface area contributed by atoms with Crippen molar-refractivity contribution in [2.24, 2.45) is 0 Å². The first-order chi connectivity index (χ1) is 0. The second-order valence-corrected chi connectivity index (χ2v) is 0. The van der Waals surface area contributed by atoms with Crippen LogP contribution in [0.2, 0.25) is 0 Å². The molecule has 9 nitrogen and oxygen atoms in total. The molecule has 0 bridgehead atoms. The van der Waals surface area contributed by atoms with Gasteiger partial charge in [-0.15, -0.1) is 0 Å². The van der Waals surface area contributed by atoms with Gasteiger partial charge in [-0.25, -0.2) is 0 Å². The van der Waals surface area contributed by atoms with Crippen molar-refractivity contribution >= 4 is 46.1 Å². The van der Waals surface area contributed by atoms with Crippen LogP contribution in [0.4, 0.5) is 0 Å². The van der Waals surface area contributed by atoms with E-state index in [-0.39, 0.29) is 95.4 Å². The van der Waals surface area contributed by atoms with Crippen LogP contribution in [0.25, 0.3) is 0 Å². The lowest BCUT2D eigenvalue weighted by Crippen LogP contribution is -0.382. The smallest absolute Gasteiger partial charge is 0.316 e. The molecule has 0 amide bonds. The summed E-state index contributed by atoms with van der Waals surface area (Å²) in [5.41, 5.74) is 0. The van der Waals surface area contributed by atoms with Crippen LogP contribution in [0.15, 0.2) is 0 Å². The average Bonchev–Trinajstić information content (AvgIpc) is 0. The molecule has 0 aromatic carbocycles. The summed E-state index contributed by atoms with van der Waals surface area (Å²) in [6.45, 7) is 0. The molecule has 0 atom stereocenters. The molecule has 0 fully saturated rings. The standard InChI is InChI=1S/2Mg.9H2O.4H/h;;9*1H2;;;;. The largest absolute Gasteiger partial charge is 0.412 e. The zero-order chi connectivity index (χ0) is 0. The van der Waals surface area contributed by atoms with E-state index in [1.165, 1.54) is 0 Å². The fourth-order valence-corrected chi connectivity index (χ4v) is 0. The summed E-state index contributed by atoms with van der Waals surface area (Å²) >= 11 is 0. The first-order valence-corrected chi connectivity index (χ1v) is 0. The Labute approximate surface area is 95.2 Å². The third-order valence-corrected chi connectivity index (χ3v) is 0. The van der Waals surface area contributed by atoms with Gasteiger partial charge in [-0.05, 0) is 0 Å². The van der Waals surface area contributed by atoms with Gasteiger partial charge in [0.25, 0.3) is 0 Å². The molecular formula is H22Mg2O9. The van der Waals surface area contributed by atoms with Crippen molar-refractivity contribution in [1.82, 2.24) is 0 Å². The van der Waals surface area contributed by atoms with Gasteiger partial charge in [-0.1, -0.05) is 0 Å². The molecule has 0 spiro atoms. The molecule has 0 aromatic heterocycles. The topological polar surface area (TPSA) is 284 Å². The predicted octanol–water partition coefficient (Wildman–Crippen LogP) is -9.25. The van der Waals surface area contributed by atoms with Gasteiger partial charge in [-0.2, -0.15) is 0 Å². The first-order valence-electron chi connectivity index (χ1n) is 0. The second kappa shape index (κ2) is 841. The number of rotatable bonds is 0. The Morgan fingerprint density at radius 1 is 0.182 bits per heavy atom. The molecule has 0 heterocycles. The van der Waals surface area contributed by atoms with Crippen molar-refractivity contribution in [1.29, 1.82) is 0 Å². The Balaban J connectivity index is 0. The highest BCUT2D eigenvalue weighted by Gasteiger charge is 0.317. The molecule has 0 aliphatic heterocycles. The minimum absolute atomic E-state index is 0. The Morgan fingerprint density at radius 3 is 0.182 bits per heavy atom. The number of hydrogen-bond acceptors (Lipinski definition) is 0. The van der Waals surface area contributed by atoms with Gasteiger partial charge in [0.05, 0.1) is 0 Å². The summed E-state index contributed by atoms with van der Waals surface area (Å²) in [5, 5.41) is 0. The Bertz CT molecular complexity index is 7.52. The van der Waals surface area contributed by atoms with E-state index in [9.17, 15) is 0 Å². The van der Waals surface area contributed by atoms with Crippen LogP contribution < -0.4 is 0 Å². The molecule has 0 aliphatic rings. The van der Waals surface area contributed by atoms with E-state index < -0.39 is 0 Å². The average molecular weight is 215 g/mol. The number of hydrogen-bond donors (Lipinski definition) is 0. The van der Waals surface area contributed by atoms with Gasteiger partial charge in [0.2, 0.25) is 0 Å². The molecule has 0 unspecified atom stereocenters. The molecule has 11 heteroatoms. The van der Waals surface area contributed by atoms with Crippen molar-refractivity contribution < 1.29 is 49.3 Å². The highest BCUT2D eigenvalue weighted by atomic mass is 24.3. The summed E-state index contributed by atoms with van der Waals surface area (Å²) in [5.74, 6) is 0. The van der Waals surface area contributed by atoms with Gasteiger partial charge in [0, 0.05) is 0 Å². The third kappa shape index (κ3) is 684. The first kappa shape index (κ1) is 1110. The Morgan fingerprint density at radius 2 is 0.182 bits per heavy atom. The lowest BCUT2D eigenvalue weighted by atomic mass is 16.0. The maximum absolute atomic E-state index is 0. The molecule has 11 heavy (non-hydrogen) atoms. The van der Waals surface area contributed by atoms with E-state index in [4.69, 9.17) is 0 Å². The van der Waals surface area contributed by atoms with E-state index in [1.54, 1.807) is 0 Å². The van der Waals surface area contributed by atoms with Crippen LogP contribution in [0.3, 0.4) is 0 Å². The van der Waals surface area contributed by atoms with Gasteiger partial charge < -0.3 is 49.3 Å². The molecular weight excluding hydrogens is 193 g/mol. The van der Waals surface area contributed by atoms with Crippen LogP contribution in [0.5, 0.6) is 0 Å². The van der Waals surface area contributed by atoms with Crippen molar-refractivity contribution in [3.05, 3.63) is 0 Å². The van der Waals surface area contributed by atoms with Crippen molar-refractivity contribution in [3.8, 4) is 0 Å². The van der Waals surface area contributed by atoms with Crippen molar-refractivity contribution in [3.63, 3.8) is 0 Å². The molecule has 18 N–H and O–H groups in total. The van der Waals surface area contributed by atoms with Crippen LogP contribution in [-0.4, -0.2) is 95.4 Å². The SMILES string of the molecule is O.O.O.O.O.O.O.O.O.[MgH2].[MgH2]. The lowest BCUT2D eigenvalue weighted by molar-refractivity contribution is 0.823. The molecule has 0 aliphatic carbocycles. The van der Waals surface area contributed by atoms with Crippen molar-refractivity contribution in [2.75, 3.05) is 0 Å². The van der Waals surface area contributed by atoms with Crippen LogP contribution in [-0.2, 0) is 0 Å². The van der Waals surface area contributed by atoms with Gasteiger partial charge in [0.15, 0.2) is 0 Å². The quantitative estimate of drug-likeness (QED) is 0.339. The third-order valence-electron chi connectivity index (χ3n) is 0. The van der Waals surface area contributed by atoms with Gasteiger partial charge in [0.1, 0.15) is 0 Å². The minimum atomic E-state index is 0. The van der Waals surface area contributed by atoms with Crippen LogP contribution in [0.1, 0.15) is 0 Å². The summed E-state index contributed by atoms with van der Waals surface area (Å²) in [6.07, 6.45) is 0. The molecule has 0 saturated heterocycles. The minimum Gasteiger partial charge on any atom is -0.412 e. The highest BCUT2D eigenvalue weighted by molar-refractivity contribution is 5.76. The van der Waals surface area contributed by atoms with Gasteiger partial charge >= 0.3 is 46.1 Å². The summed E-state index contributed by atoms with van der Waals surface area (Å²) in [4.78, 5) is 0. The van der Waals surface area contributed by atoms with E-state index in [1.807, 2.05) is 0 Å². The van der Waals surface area contributed by atoms with Crippen LogP contribution in [0, 0.1) is 0 Å². The van der Waals surface area contributed by atoms with E-state index in [0.29, 0.717) is 0 Å².